The van der Waals surface area contributed by atoms with Crippen LogP contribution in [-0.4, -0.2) is 35.7 Å². The summed E-state index contributed by atoms with van der Waals surface area (Å²) in [6.07, 6.45) is 0.679. The van der Waals surface area contributed by atoms with Crippen molar-refractivity contribution in [1.82, 2.24) is 10.2 Å². The van der Waals surface area contributed by atoms with Gasteiger partial charge in [0.25, 0.3) is 0 Å². The summed E-state index contributed by atoms with van der Waals surface area (Å²) in [5.41, 5.74) is -0.516. The molecule has 1 heterocycles. The minimum atomic E-state index is -0.516. The highest BCUT2D eigenvalue weighted by atomic mass is 16.2. The Morgan fingerprint density at radius 1 is 1.33 bits per heavy atom. The SMILES string of the molecule is CCC(C)(C)C(=O)N1CC(=O)NC(=O)C1. The first-order valence-corrected chi connectivity index (χ1v) is 4.99. The third-order valence-electron chi connectivity index (χ3n) is 2.70. The Hall–Kier alpha value is -1.39. The van der Waals surface area contributed by atoms with Crippen molar-refractivity contribution in [2.75, 3.05) is 13.1 Å². The quantitative estimate of drug-likeness (QED) is 0.650. The highest BCUT2D eigenvalue weighted by molar-refractivity contribution is 6.03. The smallest absolute Gasteiger partial charge is 0.246 e. The third-order valence-corrected chi connectivity index (χ3v) is 2.70. The zero-order valence-electron chi connectivity index (χ0n) is 9.29. The molecule has 5 nitrogen and oxygen atoms in total. The van der Waals surface area contributed by atoms with E-state index < -0.39 is 17.2 Å². The van der Waals surface area contributed by atoms with Crippen molar-refractivity contribution < 1.29 is 14.4 Å². The zero-order chi connectivity index (χ0) is 11.6. The van der Waals surface area contributed by atoms with E-state index in [0.717, 1.165) is 0 Å². The van der Waals surface area contributed by atoms with Crippen LogP contribution >= 0.6 is 0 Å². The van der Waals surface area contributed by atoms with Gasteiger partial charge in [0, 0.05) is 5.41 Å². The van der Waals surface area contributed by atoms with Crippen molar-refractivity contribution in [1.29, 1.82) is 0 Å². The molecule has 1 saturated heterocycles. The van der Waals surface area contributed by atoms with Gasteiger partial charge in [-0.25, -0.2) is 0 Å². The zero-order valence-corrected chi connectivity index (χ0v) is 9.29. The Bertz CT molecular complexity index is 294. The van der Waals surface area contributed by atoms with Gasteiger partial charge in [-0.2, -0.15) is 0 Å². The van der Waals surface area contributed by atoms with Crippen LogP contribution in [0, 0.1) is 5.41 Å². The standard InChI is InChI=1S/C10H16N2O3/c1-4-10(2,3)9(15)12-5-7(13)11-8(14)6-12/h4-6H2,1-3H3,(H,11,13,14). The van der Waals surface area contributed by atoms with Gasteiger partial charge in [0.2, 0.25) is 17.7 Å². The maximum absolute atomic E-state index is 11.9. The molecule has 1 rings (SSSR count). The summed E-state index contributed by atoms with van der Waals surface area (Å²) in [5.74, 6) is -0.966. The van der Waals surface area contributed by atoms with Crippen molar-refractivity contribution in [3.8, 4) is 0 Å². The molecule has 15 heavy (non-hydrogen) atoms. The number of imide groups is 1. The Morgan fingerprint density at radius 2 is 1.80 bits per heavy atom. The third kappa shape index (κ3) is 2.55. The van der Waals surface area contributed by atoms with Crippen molar-refractivity contribution in [2.45, 2.75) is 27.2 Å². The molecule has 1 aliphatic heterocycles. The van der Waals surface area contributed by atoms with E-state index in [-0.39, 0.29) is 19.0 Å². The summed E-state index contributed by atoms with van der Waals surface area (Å²) in [6.45, 7) is 5.49. The molecule has 1 N–H and O–H groups in total. The van der Waals surface area contributed by atoms with E-state index in [9.17, 15) is 14.4 Å². The highest BCUT2D eigenvalue weighted by Crippen LogP contribution is 2.23. The molecule has 0 aromatic carbocycles. The monoisotopic (exact) mass is 212 g/mol. The molecule has 0 aromatic heterocycles. The van der Waals surface area contributed by atoms with Crippen molar-refractivity contribution in [3.05, 3.63) is 0 Å². The molecule has 84 valence electrons. The first-order chi connectivity index (χ1) is 6.86. The van der Waals surface area contributed by atoms with Gasteiger partial charge in [-0.05, 0) is 6.42 Å². The van der Waals surface area contributed by atoms with Crippen LogP contribution in [0.4, 0.5) is 0 Å². The summed E-state index contributed by atoms with van der Waals surface area (Å²) in [5, 5.41) is 2.16. The van der Waals surface area contributed by atoms with Crippen LogP contribution in [0.3, 0.4) is 0 Å². The van der Waals surface area contributed by atoms with Crippen molar-refractivity contribution >= 4 is 17.7 Å². The summed E-state index contributed by atoms with van der Waals surface area (Å²) < 4.78 is 0. The van der Waals surface area contributed by atoms with Gasteiger partial charge >= 0.3 is 0 Å². The summed E-state index contributed by atoms with van der Waals surface area (Å²) >= 11 is 0. The molecular weight excluding hydrogens is 196 g/mol. The molecule has 3 amide bonds. The summed E-state index contributed by atoms with van der Waals surface area (Å²) in [6, 6.07) is 0. The molecule has 0 saturated carbocycles. The molecule has 0 radical (unpaired) electrons. The second kappa shape index (κ2) is 4.00. The van der Waals surface area contributed by atoms with Crippen LogP contribution in [0.5, 0.6) is 0 Å². The predicted octanol–water partition coefficient (Wildman–Crippen LogP) is -0.0924. The number of carbonyl (C=O) groups excluding carboxylic acids is 3. The molecule has 1 fully saturated rings. The Morgan fingerprint density at radius 3 is 2.20 bits per heavy atom. The predicted molar refractivity (Wildman–Crippen MR) is 53.8 cm³/mol. The fraction of sp³-hybridized carbons (Fsp3) is 0.700. The number of amides is 3. The van der Waals surface area contributed by atoms with Crippen molar-refractivity contribution in [2.24, 2.45) is 5.41 Å². The molecule has 1 aliphatic rings. The maximum Gasteiger partial charge on any atom is 0.246 e. The van der Waals surface area contributed by atoms with E-state index in [2.05, 4.69) is 5.32 Å². The first kappa shape index (κ1) is 11.7. The van der Waals surface area contributed by atoms with Gasteiger partial charge in [0.1, 0.15) is 13.1 Å². The van der Waals surface area contributed by atoms with Gasteiger partial charge in [-0.3, -0.25) is 19.7 Å². The minimum absolute atomic E-state index is 0.0198. The molecule has 0 spiro atoms. The van der Waals surface area contributed by atoms with Crippen LogP contribution in [0.2, 0.25) is 0 Å². The van der Waals surface area contributed by atoms with Gasteiger partial charge < -0.3 is 4.90 Å². The molecule has 0 bridgehead atoms. The lowest BCUT2D eigenvalue weighted by Gasteiger charge is -2.32. The van der Waals surface area contributed by atoms with E-state index in [4.69, 9.17) is 0 Å². The number of nitrogens with zero attached hydrogens (tertiary/aromatic N) is 1. The van der Waals surface area contributed by atoms with E-state index in [1.165, 1.54) is 4.90 Å². The van der Waals surface area contributed by atoms with Gasteiger partial charge in [0.15, 0.2) is 0 Å². The molecule has 0 aliphatic carbocycles. The first-order valence-electron chi connectivity index (χ1n) is 4.99. The van der Waals surface area contributed by atoms with E-state index in [0.29, 0.717) is 6.42 Å². The number of piperazine rings is 1. The number of nitrogens with one attached hydrogen (secondary N) is 1. The second-order valence-corrected chi connectivity index (χ2v) is 4.37. The lowest BCUT2D eigenvalue weighted by molar-refractivity contribution is -0.150. The van der Waals surface area contributed by atoms with E-state index in [1.54, 1.807) is 0 Å². The maximum atomic E-state index is 11.9. The number of carbonyl (C=O) groups is 3. The minimum Gasteiger partial charge on any atom is -0.324 e. The number of hydrogen-bond acceptors (Lipinski definition) is 3. The lowest BCUT2D eigenvalue weighted by Crippen LogP contribution is -2.55. The summed E-state index contributed by atoms with van der Waals surface area (Å²) in [7, 11) is 0. The van der Waals surface area contributed by atoms with Gasteiger partial charge in [-0.1, -0.05) is 20.8 Å². The van der Waals surface area contributed by atoms with E-state index >= 15 is 0 Å². The summed E-state index contributed by atoms with van der Waals surface area (Å²) in [4.78, 5) is 35.4. The van der Waals surface area contributed by atoms with Crippen molar-refractivity contribution in [3.63, 3.8) is 0 Å². The fourth-order valence-electron chi connectivity index (χ4n) is 1.36. The largest absolute Gasteiger partial charge is 0.324 e. The molecular formula is C10H16N2O3. The van der Waals surface area contributed by atoms with Crippen LogP contribution < -0.4 is 5.32 Å². The second-order valence-electron chi connectivity index (χ2n) is 4.37. The molecule has 5 heteroatoms. The Kier molecular flexibility index (Phi) is 3.12. The fourth-order valence-corrected chi connectivity index (χ4v) is 1.36. The number of hydrogen-bond donors (Lipinski definition) is 1. The van der Waals surface area contributed by atoms with Gasteiger partial charge in [0.05, 0.1) is 0 Å². The topological polar surface area (TPSA) is 66.5 Å². The Labute approximate surface area is 88.8 Å². The lowest BCUT2D eigenvalue weighted by atomic mass is 9.88. The normalized spacial score (nSPS) is 17.7. The molecule has 0 atom stereocenters. The number of rotatable bonds is 2. The molecule has 0 unspecified atom stereocenters. The van der Waals surface area contributed by atoms with Crippen LogP contribution in [0.25, 0.3) is 0 Å². The molecule has 0 aromatic rings. The van der Waals surface area contributed by atoms with Crippen LogP contribution in [0.15, 0.2) is 0 Å². The highest BCUT2D eigenvalue weighted by Gasteiger charge is 2.34. The van der Waals surface area contributed by atoms with E-state index in [1.807, 2.05) is 20.8 Å². The average molecular weight is 212 g/mol. The Balaban J connectivity index is 2.76. The van der Waals surface area contributed by atoms with Crippen LogP contribution in [-0.2, 0) is 14.4 Å². The average Bonchev–Trinajstić information content (AvgIpc) is 2.15. The van der Waals surface area contributed by atoms with Gasteiger partial charge in [-0.15, -0.1) is 0 Å². The van der Waals surface area contributed by atoms with Crippen LogP contribution in [0.1, 0.15) is 27.2 Å².